The van der Waals surface area contributed by atoms with Crippen LogP contribution in [0.5, 0.6) is 0 Å². The van der Waals surface area contributed by atoms with Crippen molar-refractivity contribution in [3.8, 4) is 0 Å². The number of hydrogen-bond acceptors (Lipinski definition) is 1. The fraction of sp³-hybridized carbons (Fsp3) is 0.250. The molecule has 2 radical (unpaired) electrons. The van der Waals surface area contributed by atoms with Crippen LogP contribution in [0, 0.1) is 0 Å². The molecule has 0 aliphatic carbocycles. The molecule has 1 aromatic carbocycles. The molecule has 0 aliphatic rings. The maximum atomic E-state index is 12.3. The minimum Gasteiger partial charge on any atom is -0.388 e. The number of nitrogens with one attached hydrogen (secondary N) is 1. The summed E-state index contributed by atoms with van der Waals surface area (Å²) in [5.41, 5.74) is -0.243. The van der Waals surface area contributed by atoms with Gasteiger partial charge in [0.25, 0.3) is 0 Å². The number of anilines is 1. The van der Waals surface area contributed by atoms with Crippen molar-refractivity contribution in [1.82, 2.24) is 0 Å². The van der Waals surface area contributed by atoms with E-state index in [1.54, 1.807) is 7.05 Å². The van der Waals surface area contributed by atoms with Gasteiger partial charge in [-0.1, -0.05) is 11.5 Å². The highest BCUT2D eigenvalue weighted by Gasteiger charge is 2.31. The third-order valence-corrected chi connectivity index (χ3v) is 2.32. The second-order valence-corrected chi connectivity index (χ2v) is 3.52. The van der Waals surface area contributed by atoms with Crippen molar-refractivity contribution < 1.29 is 13.2 Å². The van der Waals surface area contributed by atoms with Crippen molar-refractivity contribution in [2.75, 3.05) is 12.4 Å². The summed E-state index contributed by atoms with van der Waals surface area (Å²) in [6, 6.07) is 1.89. The molecular formula is C8H6BBrF3N. The second-order valence-electron chi connectivity index (χ2n) is 2.67. The van der Waals surface area contributed by atoms with Crippen molar-refractivity contribution in [2.45, 2.75) is 6.18 Å². The second kappa shape index (κ2) is 3.84. The van der Waals surface area contributed by atoms with Crippen LogP contribution in [-0.2, 0) is 6.18 Å². The van der Waals surface area contributed by atoms with Crippen molar-refractivity contribution >= 4 is 34.9 Å². The third kappa shape index (κ3) is 2.23. The molecule has 1 nitrogen and oxygen atoms in total. The van der Waals surface area contributed by atoms with E-state index >= 15 is 0 Å². The first-order chi connectivity index (χ1) is 6.36. The van der Waals surface area contributed by atoms with E-state index < -0.39 is 11.7 Å². The van der Waals surface area contributed by atoms with Gasteiger partial charge in [-0.3, -0.25) is 0 Å². The predicted molar refractivity (Wildman–Crippen MR) is 54.1 cm³/mol. The maximum absolute atomic E-state index is 12.3. The maximum Gasteiger partial charge on any atom is 0.416 e. The Hall–Kier alpha value is -0.645. The van der Waals surface area contributed by atoms with Gasteiger partial charge in [0.05, 0.1) is 5.56 Å². The van der Waals surface area contributed by atoms with Gasteiger partial charge >= 0.3 is 6.18 Å². The van der Waals surface area contributed by atoms with Gasteiger partial charge in [-0.25, -0.2) is 0 Å². The van der Waals surface area contributed by atoms with E-state index in [0.29, 0.717) is 10.2 Å². The lowest BCUT2D eigenvalue weighted by atomic mass is 9.92. The number of halogens is 4. The summed E-state index contributed by atoms with van der Waals surface area (Å²) in [5, 5.41) is 2.70. The molecule has 0 aliphatic heterocycles. The molecule has 0 spiro atoms. The molecule has 74 valence electrons. The summed E-state index contributed by atoms with van der Waals surface area (Å²) in [7, 11) is 7.02. The number of rotatable bonds is 1. The summed E-state index contributed by atoms with van der Waals surface area (Å²) in [4.78, 5) is 0. The number of benzene rings is 1. The Kier molecular flexibility index (Phi) is 3.14. The lowest BCUT2D eigenvalue weighted by Gasteiger charge is -2.13. The highest BCUT2D eigenvalue weighted by atomic mass is 79.9. The molecule has 1 N–H and O–H groups in total. The largest absolute Gasteiger partial charge is 0.416 e. The van der Waals surface area contributed by atoms with E-state index in [2.05, 4.69) is 21.2 Å². The van der Waals surface area contributed by atoms with E-state index in [-0.39, 0.29) is 5.46 Å². The van der Waals surface area contributed by atoms with Crippen LogP contribution in [0.25, 0.3) is 0 Å². The van der Waals surface area contributed by atoms with E-state index in [1.807, 2.05) is 0 Å². The molecule has 0 bridgehead atoms. The lowest BCUT2D eigenvalue weighted by Crippen LogP contribution is -2.15. The van der Waals surface area contributed by atoms with E-state index in [4.69, 9.17) is 7.85 Å². The zero-order chi connectivity index (χ0) is 10.9. The Morgan fingerprint density at radius 1 is 1.36 bits per heavy atom. The highest BCUT2D eigenvalue weighted by molar-refractivity contribution is 9.10. The van der Waals surface area contributed by atoms with Gasteiger partial charge < -0.3 is 5.32 Å². The fourth-order valence-electron chi connectivity index (χ4n) is 1.06. The van der Waals surface area contributed by atoms with Crippen LogP contribution in [0.15, 0.2) is 16.6 Å². The highest BCUT2D eigenvalue weighted by Crippen LogP contribution is 2.32. The third-order valence-electron chi connectivity index (χ3n) is 1.70. The zero-order valence-corrected chi connectivity index (χ0v) is 8.83. The Morgan fingerprint density at radius 2 is 1.93 bits per heavy atom. The number of alkyl halides is 3. The van der Waals surface area contributed by atoms with Crippen molar-refractivity contribution in [1.29, 1.82) is 0 Å². The topological polar surface area (TPSA) is 12.0 Å². The van der Waals surface area contributed by atoms with Gasteiger partial charge in [-0.15, -0.1) is 0 Å². The van der Waals surface area contributed by atoms with Gasteiger partial charge in [-0.05, 0) is 22.0 Å². The minimum atomic E-state index is -4.37. The normalized spacial score (nSPS) is 11.5. The molecule has 0 saturated heterocycles. The van der Waals surface area contributed by atoms with E-state index in [9.17, 15) is 13.2 Å². The molecule has 0 unspecified atom stereocenters. The fourth-order valence-corrected chi connectivity index (χ4v) is 1.73. The van der Waals surface area contributed by atoms with Crippen molar-refractivity contribution in [3.05, 3.63) is 22.2 Å². The number of hydrogen-bond donors (Lipinski definition) is 1. The molecule has 0 aromatic heterocycles. The summed E-state index contributed by atoms with van der Waals surface area (Å²) in [6.45, 7) is 0. The Bertz CT molecular complexity index is 328. The minimum absolute atomic E-state index is 0.0641. The molecule has 1 aromatic rings. The Morgan fingerprint density at radius 3 is 2.29 bits per heavy atom. The van der Waals surface area contributed by atoms with Crippen molar-refractivity contribution in [2.24, 2.45) is 0 Å². The summed E-state index contributed by atoms with van der Waals surface area (Å²) >= 11 is 3.01. The van der Waals surface area contributed by atoms with Crippen LogP contribution >= 0.6 is 15.9 Å². The van der Waals surface area contributed by atoms with Crippen LogP contribution in [0.4, 0.5) is 18.9 Å². The van der Waals surface area contributed by atoms with Crippen LogP contribution in [0.2, 0.25) is 0 Å². The Balaban J connectivity index is 3.28. The molecule has 0 amide bonds. The lowest BCUT2D eigenvalue weighted by molar-refractivity contribution is -0.137. The zero-order valence-electron chi connectivity index (χ0n) is 7.24. The van der Waals surface area contributed by atoms with Gasteiger partial charge in [0.1, 0.15) is 7.85 Å². The molecule has 1 rings (SSSR count). The summed E-state index contributed by atoms with van der Waals surface area (Å²) < 4.78 is 37.2. The van der Waals surface area contributed by atoms with Crippen LogP contribution in [-0.4, -0.2) is 14.9 Å². The molecule has 6 heteroatoms. The predicted octanol–water partition coefficient (Wildman–Crippen LogP) is 2.30. The van der Waals surface area contributed by atoms with E-state index in [0.717, 1.165) is 12.1 Å². The summed E-state index contributed by atoms with van der Waals surface area (Å²) in [6.07, 6.45) is -4.37. The average molecular weight is 264 g/mol. The average Bonchev–Trinajstić information content (AvgIpc) is 2.01. The Labute approximate surface area is 89.2 Å². The summed E-state index contributed by atoms with van der Waals surface area (Å²) in [5.74, 6) is 0. The molecular weight excluding hydrogens is 258 g/mol. The van der Waals surface area contributed by atoms with Crippen LogP contribution < -0.4 is 10.8 Å². The van der Waals surface area contributed by atoms with E-state index in [1.165, 1.54) is 0 Å². The monoisotopic (exact) mass is 263 g/mol. The smallest absolute Gasteiger partial charge is 0.388 e. The first kappa shape index (κ1) is 11.4. The molecule has 14 heavy (non-hydrogen) atoms. The van der Waals surface area contributed by atoms with Gasteiger partial charge in [0, 0.05) is 17.2 Å². The standard InChI is InChI=1S/C8H6BBrF3N/c1-14-7-5(9)2-4(3-6(7)10)8(11,12)13/h2-3,14H,1H3. The SMILES string of the molecule is [B]c1cc(C(F)(F)F)cc(Br)c1NC. The molecule has 0 fully saturated rings. The van der Waals surface area contributed by atoms with Crippen molar-refractivity contribution in [3.63, 3.8) is 0 Å². The van der Waals surface area contributed by atoms with Gasteiger partial charge in [0.2, 0.25) is 0 Å². The molecule has 0 atom stereocenters. The molecule has 0 heterocycles. The van der Waals surface area contributed by atoms with Gasteiger partial charge in [-0.2, -0.15) is 13.2 Å². The van der Waals surface area contributed by atoms with Gasteiger partial charge in [0.15, 0.2) is 0 Å². The first-order valence-corrected chi connectivity index (χ1v) is 4.49. The first-order valence-electron chi connectivity index (χ1n) is 3.70. The quantitative estimate of drug-likeness (QED) is 0.767. The van der Waals surface area contributed by atoms with Crippen LogP contribution in [0.1, 0.15) is 5.56 Å². The molecule has 0 saturated carbocycles. The van der Waals surface area contributed by atoms with Crippen LogP contribution in [0.3, 0.4) is 0 Å².